The number of carbonyl (C=O) groups excluding carboxylic acids is 1. The first kappa shape index (κ1) is 13.7. The van der Waals surface area contributed by atoms with Gasteiger partial charge in [-0.2, -0.15) is 0 Å². The molecule has 21 heavy (non-hydrogen) atoms. The number of aryl methyl sites for hydroxylation is 1. The van der Waals surface area contributed by atoms with Crippen LogP contribution in [0.1, 0.15) is 34.0 Å². The van der Waals surface area contributed by atoms with E-state index in [9.17, 15) is 4.79 Å². The van der Waals surface area contributed by atoms with Crippen LogP contribution in [0, 0.1) is 6.92 Å². The fraction of sp³-hybridized carbons (Fsp3) is 0.188. The highest BCUT2D eigenvalue weighted by Gasteiger charge is 2.13. The van der Waals surface area contributed by atoms with Gasteiger partial charge in [-0.05, 0) is 44.2 Å². The van der Waals surface area contributed by atoms with Gasteiger partial charge in [-0.25, -0.2) is 4.98 Å². The molecule has 0 saturated heterocycles. The normalized spacial score (nSPS) is 12.3. The molecule has 1 amide bonds. The van der Waals surface area contributed by atoms with Gasteiger partial charge in [-0.3, -0.25) is 9.78 Å². The Balaban J connectivity index is 1.80. The Kier molecular flexibility index (Phi) is 3.66. The topological polar surface area (TPSA) is 54.9 Å². The van der Waals surface area contributed by atoms with Crippen molar-refractivity contribution >= 4 is 27.5 Å². The van der Waals surface area contributed by atoms with E-state index in [1.165, 1.54) is 0 Å². The second kappa shape index (κ2) is 5.61. The molecule has 3 aromatic rings. The van der Waals surface area contributed by atoms with Crippen molar-refractivity contribution in [1.29, 1.82) is 0 Å². The number of thiazole rings is 1. The first-order valence-electron chi connectivity index (χ1n) is 6.72. The number of fused-ring (bicyclic) bond motifs is 1. The second-order valence-electron chi connectivity index (χ2n) is 4.87. The molecule has 0 fully saturated rings. The van der Waals surface area contributed by atoms with Gasteiger partial charge in [0.1, 0.15) is 0 Å². The molecule has 0 bridgehead atoms. The van der Waals surface area contributed by atoms with Gasteiger partial charge in [0.25, 0.3) is 5.91 Å². The third-order valence-electron chi connectivity index (χ3n) is 3.24. The quantitative estimate of drug-likeness (QED) is 0.805. The lowest BCUT2D eigenvalue weighted by atomic mass is 10.1. The van der Waals surface area contributed by atoms with Gasteiger partial charge in [0.15, 0.2) is 0 Å². The summed E-state index contributed by atoms with van der Waals surface area (Å²) in [6, 6.07) is 11.1. The van der Waals surface area contributed by atoms with E-state index < -0.39 is 0 Å². The summed E-state index contributed by atoms with van der Waals surface area (Å²) in [5, 5.41) is 3.97. The highest BCUT2D eigenvalue weighted by Crippen LogP contribution is 2.23. The smallest absolute Gasteiger partial charge is 0.251 e. The summed E-state index contributed by atoms with van der Waals surface area (Å²) in [5.74, 6) is -0.0962. The summed E-state index contributed by atoms with van der Waals surface area (Å²) in [7, 11) is 0. The predicted molar refractivity (Wildman–Crippen MR) is 84.5 cm³/mol. The van der Waals surface area contributed by atoms with Crippen LogP contribution in [-0.4, -0.2) is 15.9 Å². The van der Waals surface area contributed by atoms with Crippen molar-refractivity contribution in [3.05, 3.63) is 58.9 Å². The van der Waals surface area contributed by atoms with Crippen molar-refractivity contribution in [2.24, 2.45) is 0 Å². The molecule has 0 saturated carbocycles. The number of aromatic nitrogens is 2. The number of pyridine rings is 1. The number of nitrogens with one attached hydrogen (secondary N) is 1. The Morgan fingerprint density at radius 3 is 2.90 bits per heavy atom. The first-order chi connectivity index (χ1) is 10.1. The second-order valence-corrected chi connectivity index (χ2v) is 6.10. The van der Waals surface area contributed by atoms with E-state index in [2.05, 4.69) is 15.3 Å². The summed E-state index contributed by atoms with van der Waals surface area (Å²) in [4.78, 5) is 21.0. The molecule has 0 spiro atoms. The van der Waals surface area contributed by atoms with Crippen LogP contribution in [0.3, 0.4) is 0 Å². The van der Waals surface area contributed by atoms with Gasteiger partial charge in [0, 0.05) is 11.8 Å². The minimum atomic E-state index is -0.127. The van der Waals surface area contributed by atoms with Crippen LogP contribution in [0.25, 0.3) is 10.2 Å². The fourth-order valence-corrected chi connectivity index (χ4v) is 3.03. The lowest BCUT2D eigenvalue weighted by molar-refractivity contribution is 0.0939. The predicted octanol–water partition coefficient (Wildman–Crippen LogP) is 3.49. The van der Waals surface area contributed by atoms with E-state index in [1.54, 1.807) is 17.5 Å². The molecule has 1 N–H and O–H groups in total. The van der Waals surface area contributed by atoms with E-state index >= 15 is 0 Å². The Morgan fingerprint density at radius 2 is 2.14 bits per heavy atom. The molecule has 0 aliphatic heterocycles. The van der Waals surface area contributed by atoms with Crippen LogP contribution in [0.15, 0.2) is 42.6 Å². The van der Waals surface area contributed by atoms with Crippen molar-refractivity contribution in [1.82, 2.24) is 15.3 Å². The monoisotopic (exact) mass is 297 g/mol. The zero-order valence-electron chi connectivity index (χ0n) is 11.8. The molecular formula is C16H15N3OS. The van der Waals surface area contributed by atoms with E-state index in [4.69, 9.17) is 0 Å². The van der Waals surface area contributed by atoms with Crippen LogP contribution in [0.5, 0.6) is 0 Å². The number of carbonyl (C=O) groups is 1. The Labute approximate surface area is 126 Å². The Bertz CT molecular complexity index is 783. The van der Waals surface area contributed by atoms with E-state index in [1.807, 2.05) is 50.2 Å². The minimum absolute atomic E-state index is 0.0962. The molecule has 3 rings (SSSR count). The van der Waals surface area contributed by atoms with Crippen molar-refractivity contribution in [2.45, 2.75) is 19.9 Å². The summed E-state index contributed by atoms with van der Waals surface area (Å²) >= 11 is 1.60. The van der Waals surface area contributed by atoms with Gasteiger partial charge >= 0.3 is 0 Å². The standard InChI is InChI=1S/C16H15N3OS/c1-10(13-5-3-4-8-17-13)18-16(20)12-6-7-14-15(9-12)21-11(2)19-14/h3-10H,1-2H3,(H,18,20). The van der Waals surface area contributed by atoms with E-state index in [0.29, 0.717) is 5.56 Å². The lowest BCUT2D eigenvalue weighted by Crippen LogP contribution is -2.27. The van der Waals surface area contributed by atoms with Crippen molar-refractivity contribution in [3.8, 4) is 0 Å². The molecule has 0 radical (unpaired) electrons. The molecule has 2 heterocycles. The average Bonchev–Trinajstić information content (AvgIpc) is 2.87. The van der Waals surface area contributed by atoms with Crippen LogP contribution in [-0.2, 0) is 0 Å². The van der Waals surface area contributed by atoms with Gasteiger partial charge in [0.2, 0.25) is 0 Å². The zero-order chi connectivity index (χ0) is 14.8. The largest absolute Gasteiger partial charge is 0.344 e. The highest BCUT2D eigenvalue weighted by atomic mass is 32.1. The third-order valence-corrected chi connectivity index (χ3v) is 4.17. The van der Waals surface area contributed by atoms with Crippen molar-refractivity contribution in [3.63, 3.8) is 0 Å². The van der Waals surface area contributed by atoms with Crippen molar-refractivity contribution in [2.75, 3.05) is 0 Å². The molecule has 0 aliphatic carbocycles. The van der Waals surface area contributed by atoms with Crippen LogP contribution in [0.4, 0.5) is 0 Å². The van der Waals surface area contributed by atoms with E-state index in [-0.39, 0.29) is 11.9 Å². The molecule has 1 unspecified atom stereocenters. The van der Waals surface area contributed by atoms with Gasteiger partial charge < -0.3 is 5.32 Å². The zero-order valence-corrected chi connectivity index (χ0v) is 12.6. The van der Waals surface area contributed by atoms with Gasteiger partial charge in [-0.15, -0.1) is 11.3 Å². The van der Waals surface area contributed by atoms with Crippen LogP contribution in [0.2, 0.25) is 0 Å². The molecule has 4 nitrogen and oxygen atoms in total. The molecule has 1 aromatic carbocycles. The summed E-state index contributed by atoms with van der Waals surface area (Å²) in [5.41, 5.74) is 2.43. The lowest BCUT2D eigenvalue weighted by Gasteiger charge is -2.13. The minimum Gasteiger partial charge on any atom is -0.344 e. The highest BCUT2D eigenvalue weighted by molar-refractivity contribution is 7.18. The average molecular weight is 297 g/mol. The number of nitrogens with zero attached hydrogens (tertiary/aromatic N) is 2. The van der Waals surface area contributed by atoms with Gasteiger partial charge in [-0.1, -0.05) is 6.07 Å². The fourth-order valence-electron chi connectivity index (χ4n) is 2.17. The molecule has 1 atom stereocenters. The maximum absolute atomic E-state index is 12.3. The maximum atomic E-state index is 12.3. The summed E-state index contributed by atoms with van der Waals surface area (Å²) in [6.45, 7) is 3.89. The van der Waals surface area contributed by atoms with Crippen molar-refractivity contribution < 1.29 is 4.79 Å². The Morgan fingerprint density at radius 1 is 1.29 bits per heavy atom. The number of hydrogen-bond acceptors (Lipinski definition) is 4. The molecule has 106 valence electrons. The first-order valence-corrected chi connectivity index (χ1v) is 7.54. The summed E-state index contributed by atoms with van der Waals surface area (Å²) < 4.78 is 1.03. The Hall–Kier alpha value is -2.27. The summed E-state index contributed by atoms with van der Waals surface area (Å²) in [6.07, 6.45) is 1.73. The van der Waals surface area contributed by atoms with Crippen LogP contribution >= 0.6 is 11.3 Å². The molecule has 5 heteroatoms. The number of amides is 1. The third kappa shape index (κ3) is 2.92. The van der Waals surface area contributed by atoms with Gasteiger partial charge in [0.05, 0.1) is 27.0 Å². The SMILES string of the molecule is Cc1nc2ccc(C(=O)NC(C)c3ccccn3)cc2s1. The number of rotatable bonds is 3. The molecular weight excluding hydrogens is 282 g/mol. The van der Waals surface area contributed by atoms with E-state index in [0.717, 1.165) is 20.9 Å². The molecule has 2 aromatic heterocycles. The molecule has 0 aliphatic rings. The number of benzene rings is 1. The van der Waals surface area contributed by atoms with Crippen LogP contribution < -0.4 is 5.32 Å². The maximum Gasteiger partial charge on any atom is 0.251 e. The number of hydrogen-bond donors (Lipinski definition) is 1.